The standard InChI is InChI=1S/C10H20N2O4/c1-4-5-8(9(14)15)11-10(16)12(3)7(2)6-13/h7-8,13H,4-6H2,1-3H3,(H,11,16)(H,14,15)/t7?,8-/m0/s1. The number of aliphatic hydroxyl groups is 1. The Morgan fingerprint density at radius 2 is 2.00 bits per heavy atom. The molecule has 0 aromatic rings. The SMILES string of the molecule is CCC[C@H](NC(=O)N(C)C(C)CO)C(=O)O. The molecule has 0 aliphatic carbocycles. The van der Waals surface area contributed by atoms with E-state index in [1.165, 1.54) is 11.9 Å². The van der Waals surface area contributed by atoms with Crippen molar-refractivity contribution in [3.05, 3.63) is 0 Å². The average molecular weight is 232 g/mol. The van der Waals surface area contributed by atoms with Gasteiger partial charge >= 0.3 is 12.0 Å². The molecule has 0 heterocycles. The zero-order valence-corrected chi connectivity index (χ0v) is 9.93. The summed E-state index contributed by atoms with van der Waals surface area (Å²) in [5.74, 6) is -1.04. The van der Waals surface area contributed by atoms with Gasteiger partial charge in [0.25, 0.3) is 0 Å². The summed E-state index contributed by atoms with van der Waals surface area (Å²) in [6.45, 7) is 3.37. The number of hydrogen-bond acceptors (Lipinski definition) is 3. The number of amides is 2. The van der Waals surface area contributed by atoms with E-state index in [2.05, 4.69) is 5.32 Å². The van der Waals surface area contributed by atoms with Crippen molar-refractivity contribution < 1.29 is 19.8 Å². The third-order valence-corrected chi connectivity index (χ3v) is 2.42. The lowest BCUT2D eigenvalue weighted by Crippen LogP contribution is -2.49. The molecular formula is C10H20N2O4. The zero-order chi connectivity index (χ0) is 12.7. The lowest BCUT2D eigenvalue weighted by Gasteiger charge is -2.25. The number of aliphatic carboxylic acids is 1. The summed E-state index contributed by atoms with van der Waals surface area (Å²) in [6.07, 6.45) is 1.07. The van der Waals surface area contributed by atoms with Crippen LogP contribution in [0.25, 0.3) is 0 Å². The first kappa shape index (κ1) is 14.7. The Labute approximate surface area is 95.2 Å². The van der Waals surface area contributed by atoms with Gasteiger partial charge in [-0.2, -0.15) is 0 Å². The summed E-state index contributed by atoms with van der Waals surface area (Å²) in [4.78, 5) is 23.7. The van der Waals surface area contributed by atoms with Gasteiger partial charge in [0.2, 0.25) is 0 Å². The van der Waals surface area contributed by atoms with Gasteiger partial charge < -0.3 is 20.4 Å². The molecule has 0 spiro atoms. The van der Waals surface area contributed by atoms with Gasteiger partial charge in [0.05, 0.1) is 12.6 Å². The third kappa shape index (κ3) is 4.48. The quantitative estimate of drug-likeness (QED) is 0.613. The van der Waals surface area contributed by atoms with Crippen LogP contribution in [0.4, 0.5) is 4.79 Å². The van der Waals surface area contributed by atoms with Crippen LogP contribution in [0.15, 0.2) is 0 Å². The van der Waals surface area contributed by atoms with Crippen LogP contribution < -0.4 is 5.32 Å². The molecule has 3 N–H and O–H groups in total. The van der Waals surface area contributed by atoms with Crippen molar-refractivity contribution in [2.45, 2.75) is 38.8 Å². The molecule has 6 nitrogen and oxygen atoms in total. The highest BCUT2D eigenvalue weighted by Gasteiger charge is 2.22. The van der Waals surface area contributed by atoms with E-state index >= 15 is 0 Å². The first-order chi connectivity index (χ1) is 7.43. The molecule has 1 unspecified atom stereocenters. The molecule has 0 rings (SSSR count). The summed E-state index contributed by atoms with van der Waals surface area (Å²) in [5, 5.41) is 20.1. The minimum Gasteiger partial charge on any atom is -0.480 e. The van der Waals surface area contributed by atoms with E-state index in [0.717, 1.165) is 0 Å². The maximum atomic E-state index is 11.6. The summed E-state index contributed by atoms with van der Waals surface area (Å²) >= 11 is 0. The lowest BCUT2D eigenvalue weighted by atomic mass is 10.2. The van der Waals surface area contributed by atoms with Crippen molar-refractivity contribution in [2.75, 3.05) is 13.7 Å². The Morgan fingerprint density at radius 1 is 1.44 bits per heavy atom. The fourth-order valence-electron chi connectivity index (χ4n) is 1.12. The van der Waals surface area contributed by atoms with Crippen LogP contribution in [0.2, 0.25) is 0 Å². The number of nitrogens with zero attached hydrogens (tertiary/aromatic N) is 1. The van der Waals surface area contributed by atoms with Gasteiger partial charge in [0.1, 0.15) is 6.04 Å². The monoisotopic (exact) mass is 232 g/mol. The molecule has 0 fully saturated rings. The maximum Gasteiger partial charge on any atom is 0.326 e. The van der Waals surface area contributed by atoms with E-state index in [4.69, 9.17) is 10.2 Å². The number of aliphatic hydroxyl groups excluding tert-OH is 1. The van der Waals surface area contributed by atoms with Crippen LogP contribution in [0.3, 0.4) is 0 Å². The number of carboxylic acid groups (broad SMARTS) is 1. The Morgan fingerprint density at radius 3 is 2.38 bits per heavy atom. The Kier molecular flexibility index (Phi) is 6.48. The van der Waals surface area contributed by atoms with Crippen LogP contribution in [0.1, 0.15) is 26.7 Å². The fourth-order valence-corrected chi connectivity index (χ4v) is 1.12. The first-order valence-electron chi connectivity index (χ1n) is 5.31. The highest BCUT2D eigenvalue weighted by molar-refractivity contribution is 5.82. The highest BCUT2D eigenvalue weighted by atomic mass is 16.4. The number of hydrogen-bond donors (Lipinski definition) is 3. The molecule has 0 aliphatic heterocycles. The van der Waals surface area contributed by atoms with Crippen LogP contribution in [-0.2, 0) is 4.79 Å². The minimum absolute atomic E-state index is 0.157. The largest absolute Gasteiger partial charge is 0.480 e. The number of carboxylic acids is 1. The van der Waals surface area contributed by atoms with Crippen molar-refractivity contribution in [1.82, 2.24) is 10.2 Å². The van der Waals surface area contributed by atoms with E-state index in [0.29, 0.717) is 12.8 Å². The van der Waals surface area contributed by atoms with Gasteiger partial charge in [-0.15, -0.1) is 0 Å². The van der Waals surface area contributed by atoms with Crippen LogP contribution in [0, 0.1) is 0 Å². The van der Waals surface area contributed by atoms with E-state index in [1.807, 2.05) is 6.92 Å². The molecule has 2 atom stereocenters. The Balaban J connectivity index is 4.34. The van der Waals surface area contributed by atoms with Gasteiger partial charge in [-0.3, -0.25) is 0 Å². The number of carbonyl (C=O) groups excluding carboxylic acids is 1. The molecule has 0 saturated carbocycles. The maximum absolute atomic E-state index is 11.6. The second kappa shape index (κ2) is 7.05. The molecule has 0 bridgehead atoms. The van der Waals surface area contributed by atoms with Crippen LogP contribution in [-0.4, -0.2) is 52.9 Å². The number of nitrogens with one attached hydrogen (secondary N) is 1. The summed E-state index contributed by atoms with van der Waals surface area (Å²) in [5.41, 5.74) is 0. The smallest absolute Gasteiger partial charge is 0.326 e. The van der Waals surface area contributed by atoms with Crippen molar-refractivity contribution in [3.8, 4) is 0 Å². The van der Waals surface area contributed by atoms with E-state index in [1.54, 1.807) is 6.92 Å². The summed E-state index contributed by atoms with van der Waals surface area (Å²) in [7, 11) is 1.51. The van der Waals surface area contributed by atoms with Crippen molar-refractivity contribution >= 4 is 12.0 Å². The van der Waals surface area contributed by atoms with Crippen LogP contribution >= 0.6 is 0 Å². The molecule has 0 radical (unpaired) electrons. The zero-order valence-electron chi connectivity index (χ0n) is 9.93. The normalized spacial score (nSPS) is 14.0. The molecule has 0 aromatic heterocycles. The molecular weight excluding hydrogens is 212 g/mol. The van der Waals surface area contributed by atoms with Gasteiger partial charge in [0.15, 0.2) is 0 Å². The van der Waals surface area contributed by atoms with Crippen molar-refractivity contribution in [2.24, 2.45) is 0 Å². The molecule has 0 aliphatic rings. The van der Waals surface area contributed by atoms with Gasteiger partial charge in [-0.1, -0.05) is 13.3 Å². The second-order valence-corrected chi connectivity index (χ2v) is 3.77. The van der Waals surface area contributed by atoms with E-state index < -0.39 is 18.0 Å². The lowest BCUT2D eigenvalue weighted by molar-refractivity contribution is -0.139. The highest BCUT2D eigenvalue weighted by Crippen LogP contribution is 2.00. The molecule has 6 heteroatoms. The molecule has 0 saturated heterocycles. The summed E-state index contributed by atoms with van der Waals surface area (Å²) in [6, 6.07) is -1.69. The number of rotatable bonds is 6. The number of carbonyl (C=O) groups is 2. The Hall–Kier alpha value is -1.30. The van der Waals surface area contributed by atoms with E-state index in [-0.39, 0.29) is 12.6 Å². The van der Waals surface area contributed by atoms with Gasteiger partial charge in [0, 0.05) is 7.05 Å². The first-order valence-corrected chi connectivity index (χ1v) is 5.31. The fraction of sp³-hybridized carbons (Fsp3) is 0.800. The molecule has 94 valence electrons. The molecule has 0 aromatic carbocycles. The van der Waals surface area contributed by atoms with Gasteiger partial charge in [-0.25, -0.2) is 9.59 Å². The predicted octanol–water partition coefficient (Wildman–Crippen LogP) is 0.262. The van der Waals surface area contributed by atoms with Crippen molar-refractivity contribution in [1.29, 1.82) is 0 Å². The molecule has 16 heavy (non-hydrogen) atoms. The predicted molar refractivity (Wildman–Crippen MR) is 59.2 cm³/mol. The summed E-state index contributed by atoms with van der Waals surface area (Å²) < 4.78 is 0. The second-order valence-electron chi connectivity index (χ2n) is 3.77. The number of likely N-dealkylation sites (N-methyl/N-ethyl adjacent to an activating group) is 1. The Bertz CT molecular complexity index is 245. The van der Waals surface area contributed by atoms with Gasteiger partial charge in [-0.05, 0) is 13.3 Å². The van der Waals surface area contributed by atoms with Crippen molar-refractivity contribution in [3.63, 3.8) is 0 Å². The van der Waals surface area contributed by atoms with E-state index in [9.17, 15) is 9.59 Å². The molecule has 2 amide bonds. The topological polar surface area (TPSA) is 89.9 Å². The van der Waals surface area contributed by atoms with Crippen LogP contribution in [0.5, 0.6) is 0 Å². The number of urea groups is 1. The minimum atomic E-state index is -1.04. The third-order valence-electron chi connectivity index (χ3n) is 2.42. The average Bonchev–Trinajstić information content (AvgIpc) is 2.25.